The molecule has 28 heavy (non-hydrogen) atoms. The quantitative estimate of drug-likeness (QED) is 0.487. The number of nitrogens with zero attached hydrogens (tertiary/aromatic N) is 1. The number of hydrogen-bond acceptors (Lipinski definition) is 4. The third-order valence-electron chi connectivity index (χ3n) is 3.95. The number of aliphatic imine (C=N–C) groups is 1. The maximum atomic E-state index is 5.94. The molecule has 2 rings (SSSR count). The molecule has 0 saturated carbocycles. The first-order chi connectivity index (χ1) is 13.6. The Morgan fingerprint density at radius 1 is 0.964 bits per heavy atom. The summed E-state index contributed by atoms with van der Waals surface area (Å²) in [5, 5.41) is 7.30. The van der Waals surface area contributed by atoms with Crippen molar-refractivity contribution in [2.75, 3.05) is 27.4 Å². The van der Waals surface area contributed by atoms with E-state index in [0.29, 0.717) is 36.9 Å². The minimum atomic E-state index is 0.467. The van der Waals surface area contributed by atoms with Crippen LogP contribution >= 0.6 is 11.6 Å². The van der Waals surface area contributed by atoms with Gasteiger partial charge in [0.2, 0.25) is 5.75 Å². The van der Waals surface area contributed by atoms with Crippen molar-refractivity contribution < 1.29 is 14.2 Å². The summed E-state index contributed by atoms with van der Waals surface area (Å²) in [6.45, 7) is 6.37. The second kappa shape index (κ2) is 11.3. The summed E-state index contributed by atoms with van der Waals surface area (Å²) in [6.07, 6.45) is 0. The van der Waals surface area contributed by atoms with E-state index < -0.39 is 0 Å². The second-order valence-corrected chi connectivity index (χ2v) is 6.37. The van der Waals surface area contributed by atoms with Crippen molar-refractivity contribution in [3.8, 4) is 17.2 Å². The topological polar surface area (TPSA) is 64.1 Å². The van der Waals surface area contributed by atoms with Crippen LogP contribution in [-0.2, 0) is 13.1 Å². The van der Waals surface area contributed by atoms with Crippen LogP contribution in [0.15, 0.2) is 41.4 Å². The van der Waals surface area contributed by atoms with Gasteiger partial charge in [-0.15, -0.1) is 0 Å². The molecular formula is C21H28ClN3O3. The van der Waals surface area contributed by atoms with Gasteiger partial charge in [-0.2, -0.15) is 0 Å². The molecule has 0 spiro atoms. The van der Waals surface area contributed by atoms with Crippen LogP contribution in [0, 0.1) is 0 Å². The fourth-order valence-corrected chi connectivity index (χ4v) is 2.74. The van der Waals surface area contributed by atoms with Crippen molar-refractivity contribution >= 4 is 17.6 Å². The van der Waals surface area contributed by atoms with Crippen LogP contribution in [0.25, 0.3) is 0 Å². The first kappa shape index (κ1) is 21.7. The van der Waals surface area contributed by atoms with Crippen LogP contribution in [0.2, 0.25) is 5.02 Å². The molecule has 2 aromatic carbocycles. The molecule has 0 amide bonds. The summed E-state index contributed by atoms with van der Waals surface area (Å²) in [7, 11) is 3.23. The number of nitrogens with one attached hydrogen (secondary N) is 2. The van der Waals surface area contributed by atoms with Crippen molar-refractivity contribution in [1.82, 2.24) is 10.6 Å². The van der Waals surface area contributed by atoms with Gasteiger partial charge in [-0.1, -0.05) is 23.7 Å². The molecule has 0 unspecified atom stereocenters. The molecule has 7 heteroatoms. The Bertz CT molecular complexity index is 754. The largest absolute Gasteiger partial charge is 0.493 e. The molecule has 0 radical (unpaired) electrons. The lowest BCUT2D eigenvalue weighted by atomic mass is 10.2. The number of hydrogen-bond donors (Lipinski definition) is 2. The van der Waals surface area contributed by atoms with E-state index in [-0.39, 0.29) is 0 Å². The van der Waals surface area contributed by atoms with Gasteiger partial charge in [0.25, 0.3) is 0 Å². The summed E-state index contributed by atoms with van der Waals surface area (Å²) in [5.74, 6) is 2.59. The Kier molecular flexibility index (Phi) is 8.75. The Labute approximate surface area is 171 Å². The normalized spacial score (nSPS) is 11.1. The zero-order valence-corrected chi connectivity index (χ0v) is 17.6. The lowest BCUT2D eigenvalue weighted by Gasteiger charge is -2.15. The smallest absolute Gasteiger partial charge is 0.203 e. The van der Waals surface area contributed by atoms with E-state index in [1.165, 1.54) is 0 Å². The predicted molar refractivity (Wildman–Crippen MR) is 114 cm³/mol. The van der Waals surface area contributed by atoms with E-state index in [9.17, 15) is 0 Å². The van der Waals surface area contributed by atoms with E-state index in [4.69, 9.17) is 25.8 Å². The highest BCUT2D eigenvalue weighted by Crippen LogP contribution is 2.38. The van der Waals surface area contributed by atoms with Gasteiger partial charge in [-0.25, -0.2) is 4.99 Å². The molecule has 0 aliphatic carbocycles. The van der Waals surface area contributed by atoms with Gasteiger partial charge in [-0.05, 0) is 49.2 Å². The third kappa shape index (κ3) is 6.23. The number of rotatable bonds is 9. The fraction of sp³-hybridized carbons (Fsp3) is 0.381. The Morgan fingerprint density at radius 3 is 2.14 bits per heavy atom. The molecular weight excluding hydrogens is 378 g/mol. The van der Waals surface area contributed by atoms with Crippen LogP contribution in [0.1, 0.15) is 25.0 Å². The van der Waals surface area contributed by atoms with Gasteiger partial charge >= 0.3 is 0 Å². The fourth-order valence-electron chi connectivity index (χ4n) is 2.61. The van der Waals surface area contributed by atoms with Crippen molar-refractivity contribution in [3.05, 3.63) is 52.5 Å². The second-order valence-electron chi connectivity index (χ2n) is 5.94. The summed E-state index contributed by atoms with van der Waals surface area (Å²) in [6, 6.07) is 11.6. The standard InChI is InChI=1S/C21H28ClN3O3/c1-5-23-21(24-13-15-7-9-17(22)10-8-15)25-14-16-11-18(26-3)20(28-6-2)19(12-16)27-4/h7-12H,5-6,13-14H2,1-4H3,(H2,23,24,25). The maximum Gasteiger partial charge on any atom is 0.203 e. The number of halogens is 1. The highest BCUT2D eigenvalue weighted by atomic mass is 35.5. The molecule has 0 atom stereocenters. The Morgan fingerprint density at radius 2 is 1.61 bits per heavy atom. The number of ether oxygens (including phenoxy) is 3. The van der Waals surface area contributed by atoms with Crippen molar-refractivity contribution in [2.24, 2.45) is 4.99 Å². The molecule has 0 aliphatic heterocycles. The van der Waals surface area contributed by atoms with E-state index in [1.807, 2.05) is 50.2 Å². The van der Waals surface area contributed by atoms with Gasteiger partial charge in [-0.3, -0.25) is 0 Å². The van der Waals surface area contributed by atoms with E-state index in [0.717, 1.165) is 28.7 Å². The van der Waals surface area contributed by atoms with Gasteiger partial charge in [0.1, 0.15) is 0 Å². The monoisotopic (exact) mass is 405 g/mol. The van der Waals surface area contributed by atoms with Crippen molar-refractivity contribution in [3.63, 3.8) is 0 Å². The summed E-state index contributed by atoms with van der Waals surface area (Å²) >= 11 is 5.94. The number of guanidine groups is 1. The highest BCUT2D eigenvalue weighted by molar-refractivity contribution is 6.30. The van der Waals surface area contributed by atoms with E-state index in [1.54, 1.807) is 14.2 Å². The molecule has 2 N–H and O–H groups in total. The summed E-state index contributed by atoms with van der Waals surface area (Å²) in [4.78, 5) is 4.66. The van der Waals surface area contributed by atoms with Crippen LogP contribution in [0.3, 0.4) is 0 Å². The average Bonchev–Trinajstić information content (AvgIpc) is 2.71. The molecule has 2 aromatic rings. The molecule has 0 saturated heterocycles. The lowest BCUT2D eigenvalue weighted by Crippen LogP contribution is -2.36. The predicted octanol–water partition coefficient (Wildman–Crippen LogP) is 4.01. The molecule has 152 valence electrons. The minimum absolute atomic E-state index is 0.467. The van der Waals surface area contributed by atoms with Gasteiger partial charge in [0, 0.05) is 18.1 Å². The highest BCUT2D eigenvalue weighted by Gasteiger charge is 2.13. The van der Waals surface area contributed by atoms with E-state index in [2.05, 4.69) is 15.6 Å². The first-order valence-electron chi connectivity index (χ1n) is 9.25. The zero-order chi connectivity index (χ0) is 20.4. The van der Waals surface area contributed by atoms with Crippen molar-refractivity contribution in [1.29, 1.82) is 0 Å². The third-order valence-corrected chi connectivity index (χ3v) is 4.20. The molecule has 0 aliphatic rings. The number of methoxy groups -OCH3 is 2. The maximum absolute atomic E-state index is 5.94. The average molecular weight is 406 g/mol. The number of benzene rings is 2. The van der Waals surface area contributed by atoms with Gasteiger partial charge in [0.15, 0.2) is 17.5 Å². The van der Waals surface area contributed by atoms with E-state index >= 15 is 0 Å². The lowest BCUT2D eigenvalue weighted by molar-refractivity contribution is 0.288. The van der Waals surface area contributed by atoms with Crippen LogP contribution < -0.4 is 24.8 Å². The minimum Gasteiger partial charge on any atom is -0.493 e. The SMILES string of the molecule is CCNC(=NCc1cc(OC)c(OCC)c(OC)c1)NCc1ccc(Cl)cc1. The Balaban J connectivity index is 2.13. The Hall–Kier alpha value is -2.60. The molecule has 0 fully saturated rings. The van der Waals surface area contributed by atoms with Gasteiger partial charge in [0.05, 0.1) is 27.4 Å². The van der Waals surface area contributed by atoms with Crippen LogP contribution in [-0.4, -0.2) is 33.3 Å². The van der Waals surface area contributed by atoms with Gasteiger partial charge < -0.3 is 24.8 Å². The molecule has 0 aromatic heterocycles. The van der Waals surface area contributed by atoms with Crippen LogP contribution in [0.4, 0.5) is 0 Å². The van der Waals surface area contributed by atoms with Crippen LogP contribution in [0.5, 0.6) is 17.2 Å². The summed E-state index contributed by atoms with van der Waals surface area (Å²) < 4.78 is 16.6. The molecule has 6 nitrogen and oxygen atoms in total. The summed E-state index contributed by atoms with van der Waals surface area (Å²) in [5.41, 5.74) is 2.08. The van der Waals surface area contributed by atoms with Crippen molar-refractivity contribution in [2.45, 2.75) is 26.9 Å². The molecule has 0 heterocycles. The molecule has 0 bridgehead atoms. The zero-order valence-electron chi connectivity index (χ0n) is 16.8. The first-order valence-corrected chi connectivity index (χ1v) is 9.63.